The third-order valence-corrected chi connectivity index (χ3v) is 3.88. The number of hydrogen-bond donors (Lipinski definition) is 1. The van der Waals surface area contributed by atoms with Gasteiger partial charge in [0, 0.05) is 12.2 Å². The second kappa shape index (κ2) is 6.12. The summed E-state index contributed by atoms with van der Waals surface area (Å²) in [7, 11) is 0. The number of thiophene rings is 1. The normalized spacial score (nSPS) is 13.1. The first-order valence-corrected chi connectivity index (χ1v) is 7.29. The molecule has 2 nitrogen and oxygen atoms in total. The number of nitrogens with one attached hydrogen (secondary N) is 1. The molecule has 0 spiro atoms. The lowest BCUT2D eigenvalue weighted by Crippen LogP contribution is -2.20. The van der Waals surface area contributed by atoms with Crippen molar-refractivity contribution in [1.29, 1.82) is 0 Å². The zero-order valence-electron chi connectivity index (χ0n) is 10.6. The first-order valence-electron chi connectivity index (χ1n) is 6.41. The first-order chi connectivity index (χ1) is 8.35. The van der Waals surface area contributed by atoms with Gasteiger partial charge in [-0.05, 0) is 36.0 Å². The molecule has 0 radical (unpaired) electrons. The third kappa shape index (κ3) is 3.05. The molecule has 0 amide bonds. The van der Waals surface area contributed by atoms with Crippen molar-refractivity contribution in [3.8, 4) is 0 Å². The molecule has 1 atom stereocenters. The van der Waals surface area contributed by atoms with Crippen molar-refractivity contribution >= 4 is 21.6 Å². The number of unbranched alkanes of at least 4 members (excludes halogenated alkanes) is 1. The summed E-state index contributed by atoms with van der Waals surface area (Å²) in [5.41, 5.74) is 2.44. The van der Waals surface area contributed by atoms with Gasteiger partial charge < -0.3 is 5.32 Å². The van der Waals surface area contributed by atoms with Crippen LogP contribution in [-0.2, 0) is 0 Å². The predicted molar refractivity (Wildman–Crippen MR) is 75.6 cm³/mol. The fraction of sp³-hybridized carbons (Fsp3) is 0.500. The van der Waals surface area contributed by atoms with E-state index in [1.807, 2.05) is 6.20 Å². The van der Waals surface area contributed by atoms with Crippen molar-refractivity contribution in [2.75, 3.05) is 6.54 Å². The molecule has 0 bridgehead atoms. The molecule has 2 aromatic rings. The van der Waals surface area contributed by atoms with E-state index in [9.17, 15) is 0 Å². The predicted octanol–water partition coefficient (Wildman–Crippen LogP) is 4.14. The molecule has 1 unspecified atom stereocenters. The van der Waals surface area contributed by atoms with Crippen LogP contribution in [-0.4, -0.2) is 11.5 Å². The van der Waals surface area contributed by atoms with Gasteiger partial charge in [0.25, 0.3) is 0 Å². The number of hydrogen-bond acceptors (Lipinski definition) is 3. The standard InChI is InChI=1S/C14H20N2S/c1-3-5-6-12(15-4-2)11-9-14-13(16-10-11)7-8-17-14/h7-10,12,15H,3-6H2,1-2H3. The van der Waals surface area contributed by atoms with E-state index in [2.05, 4.69) is 41.7 Å². The molecular weight excluding hydrogens is 228 g/mol. The summed E-state index contributed by atoms with van der Waals surface area (Å²) in [6.45, 7) is 5.41. The fourth-order valence-electron chi connectivity index (χ4n) is 2.09. The van der Waals surface area contributed by atoms with Gasteiger partial charge in [0.05, 0.1) is 10.2 Å². The average molecular weight is 248 g/mol. The number of rotatable bonds is 6. The van der Waals surface area contributed by atoms with Gasteiger partial charge in [-0.25, -0.2) is 0 Å². The van der Waals surface area contributed by atoms with E-state index < -0.39 is 0 Å². The van der Waals surface area contributed by atoms with Gasteiger partial charge in [-0.3, -0.25) is 4.98 Å². The van der Waals surface area contributed by atoms with E-state index in [0.717, 1.165) is 12.1 Å². The molecule has 1 N–H and O–H groups in total. The highest BCUT2D eigenvalue weighted by molar-refractivity contribution is 7.17. The van der Waals surface area contributed by atoms with Crippen LogP contribution in [0.15, 0.2) is 23.7 Å². The minimum atomic E-state index is 0.457. The summed E-state index contributed by atoms with van der Waals surface area (Å²) in [5.74, 6) is 0. The van der Waals surface area contributed by atoms with E-state index in [1.165, 1.54) is 29.5 Å². The van der Waals surface area contributed by atoms with Crippen LogP contribution >= 0.6 is 11.3 Å². The Morgan fingerprint density at radius 1 is 1.41 bits per heavy atom. The Bertz CT molecular complexity index is 464. The van der Waals surface area contributed by atoms with Crippen molar-refractivity contribution in [3.05, 3.63) is 29.3 Å². The molecule has 0 aliphatic rings. The Morgan fingerprint density at radius 2 is 2.29 bits per heavy atom. The van der Waals surface area contributed by atoms with Crippen LogP contribution in [0.5, 0.6) is 0 Å². The second-order valence-electron chi connectivity index (χ2n) is 4.33. The van der Waals surface area contributed by atoms with Crippen molar-refractivity contribution < 1.29 is 0 Å². The molecule has 3 heteroatoms. The maximum Gasteiger partial charge on any atom is 0.0809 e. The van der Waals surface area contributed by atoms with Crippen molar-refractivity contribution in [2.24, 2.45) is 0 Å². The van der Waals surface area contributed by atoms with Crippen LogP contribution in [0.2, 0.25) is 0 Å². The number of fused-ring (bicyclic) bond motifs is 1. The van der Waals surface area contributed by atoms with E-state index in [-0.39, 0.29) is 0 Å². The summed E-state index contributed by atoms with van der Waals surface area (Å²) in [6, 6.07) is 4.83. The average Bonchev–Trinajstić information content (AvgIpc) is 2.81. The van der Waals surface area contributed by atoms with E-state index in [0.29, 0.717) is 6.04 Å². The highest BCUT2D eigenvalue weighted by Gasteiger charge is 2.11. The first kappa shape index (κ1) is 12.5. The van der Waals surface area contributed by atoms with Crippen LogP contribution in [0.25, 0.3) is 10.2 Å². The molecule has 0 fully saturated rings. The maximum absolute atomic E-state index is 4.52. The Balaban J connectivity index is 2.20. The minimum Gasteiger partial charge on any atom is -0.310 e. The van der Waals surface area contributed by atoms with Crippen LogP contribution in [0.4, 0.5) is 0 Å². The zero-order valence-corrected chi connectivity index (χ0v) is 11.4. The molecule has 2 aromatic heterocycles. The zero-order chi connectivity index (χ0) is 12.1. The number of pyridine rings is 1. The summed E-state index contributed by atoms with van der Waals surface area (Å²) < 4.78 is 1.29. The molecule has 92 valence electrons. The lowest BCUT2D eigenvalue weighted by Gasteiger charge is -2.17. The van der Waals surface area contributed by atoms with Crippen molar-refractivity contribution in [2.45, 2.75) is 39.2 Å². The van der Waals surface area contributed by atoms with Crippen LogP contribution in [0, 0.1) is 0 Å². The fourth-order valence-corrected chi connectivity index (χ4v) is 2.88. The van der Waals surface area contributed by atoms with E-state index in [1.54, 1.807) is 11.3 Å². The minimum absolute atomic E-state index is 0.457. The van der Waals surface area contributed by atoms with Gasteiger partial charge in [0.15, 0.2) is 0 Å². The molecule has 2 heterocycles. The lowest BCUT2D eigenvalue weighted by molar-refractivity contribution is 0.494. The highest BCUT2D eigenvalue weighted by Crippen LogP contribution is 2.25. The summed E-state index contributed by atoms with van der Waals surface area (Å²) in [4.78, 5) is 4.52. The Hall–Kier alpha value is -0.930. The van der Waals surface area contributed by atoms with Crippen LogP contribution < -0.4 is 5.32 Å². The monoisotopic (exact) mass is 248 g/mol. The Kier molecular flexibility index (Phi) is 4.51. The molecule has 17 heavy (non-hydrogen) atoms. The molecule has 0 aliphatic heterocycles. The largest absolute Gasteiger partial charge is 0.310 e. The third-order valence-electron chi connectivity index (χ3n) is 3.02. The molecule has 0 saturated heterocycles. The smallest absolute Gasteiger partial charge is 0.0809 e. The van der Waals surface area contributed by atoms with Gasteiger partial charge in [0.1, 0.15) is 0 Å². The maximum atomic E-state index is 4.52. The SMILES string of the molecule is CCCCC(NCC)c1cnc2ccsc2c1. The topological polar surface area (TPSA) is 24.9 Å². The summed E-state index contributed by atoms with van der Waals surface area (Å²) in [6.07, 6.45) is 5.73. The molecule has 0 saturated carbocycles. The van der Waals surface area contributed by atoms with Gasteiger partial charge >= 0.3 is 0 Å². The lowest BCUT2D eigenvalue weighted by atomic mass is 10.0. The van der Waals surface area contributed by atoms with E-state index >= 15 is 0 Å². The van der Waals surface area contributed by atoms with Gasteiger partial charge in [-0.1, -0.05) is 26.7 Å². The van der Waals surface area contributed by atoms with Crippen molar-refractivity contribution in [3.63, 3.8) is 0 Å². The number of aromatic nitrogens is 1. The molecule has 0 aromatic carbocycles. The van der Waals surface area contributed by atoms with Gasteiger partial charge in [-0.15, -0.1) is 11.3 Å². The van der Waals surface area contributed by atoms with Crippen molar-refractivity contribution in [1.82, 2.24) is 10.3 Å². The molecule has 0 aliphatic carbocycles. The van der Waals surface area contributed by atoms with Gasteiger partial charge in [0.2, 0.25) is 0 Å². The highest BCUT2D eigenvalue weighted by atomic mass is 32.1. The molecule has 2 rings (SSSR count). The van der Waals surface area contributed by atoms with E-state index in [4.69, 9.17) is 0 Å². The Labute approximate surface area is 107 Å². The van der Waals surface area contributed by atoms with Gasteiger partial charge in [-0.2, -0.15) is 0 Å². The Morgan fingerprint density at radius 3 is 3.06 bits per heavy atom. The van der Waals surface area contributed by atoms with Crippen LogP contribution in [0.3, 0.4) is 0 Å². The number of nitrogens with zero attached hydrogens (tertiary/aromatic N) is 1. The summed E-state index contributed by atoms with van der Waals surface area (Å²) in [5, 5.41) is 5.66. The molecular formula is C14H20N2S. The second-order valence-corrected chi connectivity index (χ2v) is 5.27. The van der Waals surface area contributed by atoms with Crippen LogP contribution in [0.1, 0.15) is 44.7 Å². The summed E-state index contributed by atoms with van der Waals surface area (Å²) >= 11 is 1.77. The quantitative estimate of drug-likeness (QED) is 0.831.